The van der Waals surface area contributed by atoms with Gasteiger partial charge in [-0.1, -0.05) is 23.7 Å². The maximum atomic E-state index is 12.7. The van der Waals surface area contributed by atoms with Crippen molar-refractivity contribution in [2.45, 2.75) is 19.6 Å². The van der Waals surface area contributed by atoms with Gasteiger partial charge in [-0.25, -0.2) is 0 Å². The van der Waals surface area contributed by atoms with Crippen LogP contribution in [0.25, 0.3) is 11.1 Å². The Labute approximate surface area is 120 Å². The molecule has 2 N–H and O–H groups in total. The normalized spacial score (nSPS) is 11.7. The van der Waals surface area contributed by atoms with Gasteiger partial charge in [0.25, 0.3) is 0 Å². The van der Waals surface area contributed by atoms with Crippen LogP contribution in [0.4, 0.5) is 13.2 Å². The van der Waals surface area contributed by atoms with Gasteiger partial charge in [0.15, 0.2) is 0 Å². The van der Waals surface area contributed by atoms with Gasteiger partial charge in [-0.15, -0.1) is 0 Å². The van der Waals surface area contributed by atoms with Crippen LogP contribution in [0.3, 0.4) is 0 Å². The second-order valence-electron chi connectivity index (χ2n) is 4.53. The number of rotatable bonds is 2. The fourth-order valence-electron chi connectivity index (χ4n) is 2.12. The van der Waals surface area contributed by atoms with Gasteiger partial charge in [0.05, 0.1) is 5.56 Å². The average Bonchev–Trinajstić information content (AvgIpc) is 2.37. The van der Waals surface area contributed by atoms with Gasteiger partial charge >= 0.3 is 6.18 Å². The molecule has 0 aliphatic heterocycles. The molecular weight excluding hydrogens is 287 g/mol. The number of aryl methyl sites for hydroxylation is 1. The Balaban J connectivity index is 2.57. The smallest absolute Gasteiger partial charge is 0.326 e. The molecule has 0 fully saturated rings. The van der Waals surface area contributed by atoms with Gasteiger partial charge < -0.3 is 5.73 Å². The lowest BCUT2D eigenvalue weighted by Gasteiger charge is -2.14. The molecule has 0 aliphatic carbocycles. The van der Waals surface area contributed by atoms with E-state index in [0.29, 0.717) is 22.7 Å². The van der Waals surface area contributed by atoms with Crippen LogP contribution in [0.5, 0.6) is 0 Å². The third-order valence-electron chi connectivity index (χ3n) is 3.14. The minimum Gasteiger partial charge on any atom is -0.326 e. The quantitative estimate of drug-likeness (QED) is 0.847. The molecule has 0 saturated heterocycles. The van der Waals surface area contributed by atoms with Gasteiger partial charge in [-0.2, -0.15) is 13.2 Å². The molecule has 0 unspecified atom stereocenters. The highest BCUT2D eigenvalue weighted by molar-refractivity contribution is 6.30. The summed E-state index contributed by atoms with van der Waals surface area (Å²) in [6, 6.07) is 8.89. The van der Waals surface area contributed by atoms with Crippen molar-refractivity contribution in [2.24, 2.45) is 5.73 Å². The number of hydrogen-bond donors (Lipinski definition) is 1. The second kappa shape index (κ2) is 5.46. The van der Waals surface area contributed by atoms with Crippen molar-refractivity contribution in [1.29, 1.82) is 0 Å². The summed E-state index contributed by atoms with van der Waals surface area (Å²) in [5.74, 6) is 0. The molecule has 0 amide bonds. The summed E-state index contributed by atoms with van der Waals surface area (Å²) in [7, 11) is 0. The van der Waals surface area contributed by atoms with E-state index in [2.05, 4.69) is 0 Å². The number of nitrogens with two attached hydrogens (primary N) is 1. The molecule has 0 heterocycles. The highest BCUT2D eigenvalue weighted by Gasteiger charge is 2.30. The Hall–Kier alpha value is -1.52. The summed E-state index contributed by atoms with van der Waals surface area (Å²) in [5.41, 5.74) is 7.87. The summed E-state index contributed by atoms with van der Waals surface area (Å²) in [6.45, 7) is 1.94. The third kappa shape index (κ3) is 2.97. The van der Waals surface area contributed by atoms with Gasteiger partial charge in [0, 0.05) is 11.6 Å². The minimum absolute atomic E-state index is 0.299. The van der Waals surface area contributed by atoms with E-state index in [0.717, 1.165) is 23.3 Å². The Morgan fingerprint density at radius 2 is 1.75 bits per heavy atom. The monoisotopic (exact) mass is 299 g/mol. The van der Waals surface area contributed by atoms with Crippen LogP contribution < -0.4 is 5.73 Å². The predicted molar refractivity (Wildman–Crippen MR) is 74.5 cm³/mol. The van der Waals surface area contributed by atoms with Gasteiger partial charge in [-0.05, 0) is 53.4 Å². The molecule has 0 radical (unpaired) electrons. The van der Waals surface area contributed by atoms with E-state index in [9.17, 15) is 13.2 Å². The second-order valence-corrected chi connectivity index (χ2v) is 4.97. The van der Waals surface area contributed by atoms with Crippen molar-refractivity contribution in [1.82, 2.24) is 0 Å². The molecule has 2 aromatic carbocycles. The molecule has 0 atom stereocenters. The van der Waals surface area contributed by atoms with Crippen LogP contribution in [0.1, 0.15) is 16.7 Å². The van der Waals surface area contributed by atoms with Gasteiger partial charge in [0.1, 0.15) is 0 Å². The van der Waals surface area contributed by atoms with Crippen LogP contribution in [-0.4, -0.2) is 0 Å². The summed E-state index contributed by atoms with van der Waals surface area (Å²) >= 11 is 5.96. The van der Waals surface area contributed by atoms with Crippen LogP contribution >= 0.6 is 11.6 Å². The van der Waals surface area contributed by atoms with Gasteiger partial charge in [0.2, 0.25) is 0 Å². The zero-order valence-corrected chi connectivity index (χ0v) is 11.5. The van der Waals surface area contributed by atoms with E-state index < -0.39 is 11.7 Å². The van der Waals surface area contributed by atoms with E-state index in [-0.39, 0.29) is 0 Å². The first-order valence-corrected chi connectivity index (χ1v) is 6.37. The van der Waals surface area contributed by atoms with Crippen molar-refractivity contribution >= 4 is 11.6 Å². The Bertz CT molecular complexity index is 636. The molecule has 2 rings (SSSR count). The van der Waals surface area contributed by atoms with Crippen molar-refractivity contribution in [3.05, 3.63) is 58.1 Å². The highest BCUT2D eigenvalue weighted by Crippen LogP contribution is 2.34. The fraction of sp³-hybridized carbons (Fsp3) is 0.200. The molecule has 0 aliphatic rings. The molecule has 5 heteroatoms. The Morgan fingerprint density at radius 1 is 1.05 bits per heavy atom. The first kappa shape index (κ1) is 14.9. The lowest BCUT2D eigenvalue weighted by atomic mass is 9.94. The van der Waals surface area contributed by atoms with Crippen LogP contribution in [0, 0.1) is 6.92 Å². The SMILES string of the molecule is Cc1cc(C(F)(F)F)ccc1-c1cc(Cl)ccc1CN. The summed E-state index contributed by atoms with van der Waals surface area (Å²) in [6.07, 6.45) is -4.34. The maximum Gasteiger partial charge on any atom is 0.416 e. The third-order valence-corrected chi connectivity index (χ3v) is 3.37. The number of alkyl halides is 3. The van der Waals surface area contributed by atoms with E-state index >= 15 is 0 Å². The van der Waals surface area contributed by atoms with Crippen LogP contribution in [-0.2, 0) is 12.7 Å². The lowest BCUT2D eigenvalue weighted by molar-refractivity contribution is -0.137. The largest absolute Gasteiger partial charge is 0.416 e. The summed E-state index contributed by atoms with van der Waals surface area (Å²) in [5, 5.41) is 0.525. The zero-order valence-electron chi connectivity index (χ0n) is 10.8. The number of hydrogen-bond acceptors (Lipinski definition) is 1. The number of halogens is 4. The topological polar surface area (TPSA) is 26.0 Å². The van der Waals surface area contributed by atoms with E-state index in [1.807, 2.05) is 0 Å². The van der Waals surface area contributed by atoms with Crippen molar-refractivity contribution < 1.29 is 13.2 Å². The maximum absolute atomic E-state index is 12.7. The molecule has 20 heavy (non-hydrogen) atoms. The molecule has 0 spiro atoms. The van der Waals surface area contributed by atoms with E-state index in [1.165, 1.54) is 6.07 Å². The van der Waals surface area contributed by atoms with Crippen molar-refractivity contribution in [2.75, 3.05) is 0 Å². The lowest BCUT2D eigenvalue weighted by Crippen LogP contribution is -2.06. The number of benzene rings is 2. The molecule has 2 aromatic rings. The van der Waals surface area contributed by atoms with E-state index in [4.69, 9.17) is 17.3 Å². The fourth-order valence-corrected chi connectivity index (χ4v) is 2.29. The van der Waals surface area contributed by atoms with Crippen LogP contribution in [0.15, 0.2) is 36.4 Å². The molecule has 106 valence electrons. The van der Waals surface area contributed by atoms with Crippen LogP contribution in [0.2, 0.25) is 5.02 Å². The molecular formula is C15H13ClF3N. The van der Waals surface area contributed by atoms with Crippen molar-refractivity contribution in [3.63, 3.8) is 0 Å². The van der Waals surface area contributed by atoms with Crippen molar-refractivity contribution in [3.8, 4) is 11.1 Å². The van der Waals surface area contributed by atoms with E-state index in [1.54, 1.807) is 25.1 Å². The predicted octanol–water partition coefficient (Wildman–Crippen LogP) is 4.79. The minimum atomic E-state index is -4.34. The summed E-state index contributed by atoms with van der Waals surface area (Å²) in [4.78, 5) is 0. The standard InChI is InChI=1S/C15H13ClF3N/c1-9-6-11(15(17,18)19)3-5-13(9)14-7-12(16)4-2-10(14)8-20/h2-7H,8,20H2,1H3. The molecule has 0 aromatic heterocycles. The molecule has 0 saturated carbocycles. The first-order chi connectivity index (χ1) is 9.32. The first-order valence-electron chi connectivity index (χ1n) is 5.99. The summed E-state index contributed by atoms with van der Waals surface area (Å²) < 4.78 is 38.0. The van der Waals surface area contributed by atoms with Gasteiger partial charge in [-0.3, -0.25) is 0 Å². The average molecular weight is 300 g/mol. The Morgan fingerprint density at radius 3 is 2.30 bits per heavy atom. The molecule has 1 nitrogen and oxygen atoms in total. The Kier molecular flexibility index (Phi) is 4.06. The zero-order chi connectivity index (χ0) is 14.9. The highest BCUT2D eigenvalue weighted by atomic mass is 35.5. The molecule has 0 bridgehead atoms.